The van der Waals surface area contributed by atoms with E-state index in [2.05, 4.69) is 37.4 Å². The third-order valence-electron chi connectivity index (χ3n) is 5.81. The minimum atomic E-state index is -0.0197. The van der Waals surface area contributed by atoms with Crippen LogP contribution in [-0.2, 0) is 4.79 Å². The van der Waals surface area contributed by atoms with Crippen molar-refractivity contribution in [3.8, 4) is 5.75 Å². The molecule has 1 N–H and O–H groups in total. The summed E-state index contributed by atoms with van der Waals surface area (Å²) in [6.07, 6.45) is 0. The maximum atomic E-state index is 12.5. The number of fused-ring (bicyclic) bond motifs is 3. The van der Waals surface area contributed by atoms with E-state index in [-0.39, 0.29) is 5.91 Å². The van der Waals surface area contributed by atoms with Crippen LogP contribution in [0.3, 0.4) is 0 Å². The smallest absolute Gasteiger partial charge is 0.238 e. The number of carbonyl (C=O) groups excluding carboxylic acids is 1. The van der Waals surface area contributed by atoms with Gasteiger partial charge in [0.15, 0.2) is 17.3 Å². The standard InChI is InChI=1S/C23H25N7O2/c1-16-25-26-22-19-5-3-4-6-20(19)23(27-30(16)22)29-13-11-28(12-14-29)15-21(31)24-17-7-9-18(32-2)10-8-17/h3-10H,11-15H2,1-2H3,(H,24,31). The molecule has 1 aliphatic rings. The molecule has 1 amide bonds. The molecule has 0 aliphatic carbocycles. The van der Waals surface area contributed by atoms with Crippen LogP contribution in [0.15, 0.2) is 48.5 Å². The Morgan fingerprint density at radius 1 is 1.00 bits per heavy atom. The summed E-state index contributed by atoms with van der Waals surface area (Å²) < 4.78 is 6.97. The lowest BCUT2D eigenvalue weighted by atomic mass is 10.1. The second-order valence-corrected chi connectivity index (χ2v) is 7.89. The third-order valence-corrected chi connectivity index (χ3v) is 5.81. The molecule has 1 saturated heterocycles. The van der Waals surface area contributed by atoms with Crippen LogP contribution in [0.1, 0.15) is 5.82 Å². The van der Waals surface area contributed by atoms with Crippen LogP contribution in [0.2, 0.25) is 0 Å². The predicted octanol–water partition coefficient (Wildman–Crippen LogP) is 2.36. The molecule has 0 unspecified atom stereocenters. The van der Waals surface area contributed by atoms with Crippen LogP contribution >= 0.6 is 0 Å². The highest BCUT2D eigenvalue weighted by atomic mass is 16.5. The molecule has 0 bridgehead atoms. The Morgan fingerprint density at radius 2 is 1.72 bits per heavy atom. The zero-order chi connectivity index (χ0) is 22.1. The van der Waals surface area contributed by atoms with E-state index < -0.39 is 0 Å². The Balaban J connectivity index is 1.27. The summed E-state index contributed by atoms with van der Waals surface area (Å²) in [6, 6.07) is 15.5. The molecule has 3 heterocycles. The van der Waals surface area contributed by atoms with Gasteiger partial charge in [-0.05, 0) is 31.2 Å². The first-order valence-electron chi connectivity index (χ1n) is 10.6. The Bertz CT molecular complexity index is 1260. The van der Waals surface area contributed by atoms with Gasteiger partial charge < -0.3 is 15.0 Å². The minimum Gasteiger partial charge on any atom is -0.497 e. The van der Waals surface area contributed by atoms with Gasteiger partial charge in [0.05, 0.1) is 13.7 Å². The van der Waals surface area contributed by atoms with Crippen LogP contribution in [0.5, 0.6) is 5.75 Å². The molecule has 1 aliphatic heterocycles. The third kappa shape index (κ3) is 3.82. The summed E-state index contributed by atoms with van der Waals surface area (Å²) in [5.41, 5.74) is 1.54. The first kappa shape index (κ1) is 20.2. The Kier molecular flexibility index (Phi) is 5.32. The number of methoxy groups -OCH3 is 1. The van der Waals surface area contributed by atoms with Crippen LogP contribution in [-0.4, -0.2) is 70.5 Å². The molecule has 0 saturated carbocycles. The Labute approximate surface area is 185 Å². The van der Waals surface area contributed by atoms with E-state index in [4.69, 9.17) is 9.84 Å². The fourth-order valence-corrected chi connectivity index (χ4v) is 4.10. The van der Waals surface area contributed by atoms with Gasteiger partial charge >= 0.3 is 0 Å². The number of amides is 1. The number of nitrogens with one attached hydrogen (secondary N) is 1. The van der Waals surface area contributed by atoms with E-state index in [1.54, 1.807) is 7.11 Å². The summed E-state index contributed by atoms with van der Waals surface area (Å²) in [7, 11) is 1.62. The van der Waals surface area contributed by atoms with Crippen molar-refractivity contribution in [3.63, 3.8) is 0 Å². The fourth-order valence-electron chi connectivity index (χ4n) is 4.10. The van der Waals surface area contributed by atoms with Crippen molar-refractivity contribution in [2.45, 2.75) is 6.92 Å². The molecule has 5 rings (SSSR count). The van der Waals surface area contributed by atoms with Gasteiger partial charge in [-0.2, -0.15) is 4.52 Å². The SMILES string of the molecule is COc1ccc(NC(=O)CN2CCN(c3nn4c(C)nnc4c4ccccc34)CC2)cc1. The minimum absolute atomic E-state index is 0.0197. The molecule has 0 spiro atoms. The molecule has 32 heavy (non-hydrogen) atoms. The van der Waals surface area contributed by atoms with E-state index >= 15 is 0 Å². The van der Waals surface area contributed by atoms with E-state index in [0.29, 0.717) is 6.54 Å². The fraction of sp³-hybridized carbons (Fsp3) is 0.304. The zero-order valence-corrected chi connectivity index (χ0v) is 18.2. The van der Waals surface area contributed by atoms with Gasteiger partial charge in [-0.1, -0.05) is 24.3 Å². The average Bonchev–Trinajstić information content (AvgIpc) is 3.20. The van der Waals surface area contributed by atoms with E-state index in [1.165, 1.54) is 0 Å². The summed E-state index contributed by atoms with van der Waals surface area (Å²) >= 11 is 0. The molecule has 1 fully saturated rings. The molecule has 9 nitrogen and oxygen atoms in total. The number of hydrogen-bond donors (Lipinski definition) is 1. The number of rotatable bonds is 5. The first-order valence-corrected chi connectivity index (χ1v) is 10.6. The molecular formula is C23H25N7O2. The molecule has 4 aromatic rings. The summed E-state index contributed by atoms with van der Waals surface area (Å²) in [5, 5.41) is 18.4. The summed E-state index contributed by atoms with van der Waals surface area (Å²) in [5.74, 6) is 2.44. The lowest BCUT2D eigenvalue weighted by Gasteiger charge is -2.35. The van der Waals surface area contributed by atoms with Crippen molar-refractivity contribution in [1.29, 1.82) is 0 Å². The van der Waals surface area contributed by atoms with Crippen LogP contribution in [0, 0.1) is 6.92 Å². The second kappa shape index (κ2) is 8.43. The van der Waals surface area contributed by atoms with Crippen LogP contribution in [0.25, 0.3) is 16.4 Å². The Morgan fingerprint density at radius 3 is 2.44 bits per heavy atom. The molecule has 0 atom stereocenters. The van der Waals surface area contributed by atoms with Crippen molar-refractivity contribution in [3.05, 3.63) is 54.4 Å². The van der Waals surface area contributed by atoms with E-state index in [9.17, 15) is 4.79 Å². The summed E-state index contributed by atoms with van der Waals surface area (Å²) in [6.45, 7) is 5.41. The van der Waals surface area contributed by atoms with Gasteiger partial charge in [0.2, 0.25) is 5.91 Å². The lowest BCUT2D eigenvalue weighted by Crippen LogP contribution is -2.49. The monoisotopic (exact) mass is 431 g/mol. The number of ether oxygens (including phenoxy) is 1. The van der Waals surface area contributed by atoms with Crippen molar-refractivity contribution in [2.75, 3.05) is 50.1 Å². The normalized spacial score (nSPS) is 14.8. The van der Waals surface area contributed by atoms with Crippen molar-refractivity contribution >= 4 is 33.8 Å². The average molecular weight is 432 g/mol. The molecule has 0 radical (unpaired) electrons. The van der Waals surface area contributed by atoms with E-state index in [0.717, 1.165) is 65.7 Å². The summed E-state index contributed by atoms with van der Waals surface area (Å²) in [4.78, 5) is 16.9. The number of aromatic nitrogens is 4. The van der Waals surface area contributed by atoms with Gasteiger partial charge in [0.25, 0.3) is 0 Å². The largest absolute Gasteiger partial charge is 0.497 e. The van der Waals surface area contributed by atoms with Crippen molar-refractivity contribution < 1.29 is 9.53 Å². The number of nitrogens with zero attached hydrogens (tertiary/aromatic N) is 6. The molecule has 2 aromatic carbocycles. The number of benzene rings is 2. The maximum absolute atomic E-state index is 12.5. The number of aryl methyl sites for hydroxylation is 1. The lowest BCUT2D eigenvalue weighted by molar-refractivity contribution is -0.117. The molecule has 9 heteroatoms. The van der Waals surface area contributed by atoms with Crippen LogP contribution in [0.4, 0.5) is 11.5 Å². The van der Waals surface area contributed by atoms with Gasteiger partial charge in [0.1, 0.15) is 5.75 Å². The van der Waals surface area contributed by atoms with Gasteiger partial charge in [0, 0.05) is 42.6 Å². The van der Waals surface area contributed by atoms with Crippen molar-refractivity contribution in [1.82, 2.24) is 24.7 Å². The predicted molar refractivity (Wildman–Crippen MR) is 123 cm³/mol. The number of carbonyl (C=O) groups is 1. The Hall–Kier alpha value is -3.72. The van der Waals surface area contributed by atoms with E-state index in [1.807, 2.05) is 47.8 Å². The zero-order valence-electron chi connectivity index (χ0n) is 18.2. The molecular weight excluding hydrogens is 406 g/mol. The van der Waals surface area contributed by atoms with Crippen molar-refractivity contribution in [2.24, 2.45) is 0 Å². The second-order valence-electron chi connectivity index (χ2n) is 7.89. The topological polar surface area (TPSA) is 87.9 Å². The molecule has 2 aromatic heterocycles. The highest BCUT2D eigenvalue weighted by molar-refractivity contribution is 6.00. The first-order chi connectivity index (χ1) is 15.6. The van der Waals surface area contributed by atoms with Gasteiger partial charge in [-0.15, -0.1) is 15.3 Å². The van der Waals surface area contributed by atoms with Gasteiger partial charge in [-0.3, -0.25) is 9.69 Å². The highest BCUT2D eigenvalue weighted by Crippen LogP contribution is 2.28. The van der Waals surface area contributed by atoms with Crippen LogP contribution < -0.4 is 15.0 Å². The number of piperazine rings is 1. The molecule has 164 valence electrons. The quantitative estimate of drug-likeness (QED) is 0.519. The number of hydrogen-bond acceptors (Lipinski definition) is 7. The maximum Gasteiger partial charge on any atom is 0.238 e. The number of anilines is 2. The highest BCUT2D eigenvalue weighted by Gasteiger charge is 2.23. The van der Waals surface area contributed by atoms with Gasteiger partial charge in [-0.25, -0.2) is 0 Å².